The van der Waals surface area contributed by atoms with Crippen molar-refractivity contribution >= 4 is 15.9 Å². The molecule has 0 saturated heterocycles. The summed E-state index contributed by atoms with van der Waals surface area (Å²) in [5.74, 6) is 1.74. The van der Waals surface area contributed by atoms with E-state index in [-0.39, 0.29) is 0 Å². The van der Waals surface area contributed by atoms with Crippen molar-refractivity contribution in [2.75, 3.05) is 13.2 Å². The normalized spacial score (nSPS) is 23.3. The van der Waals surface area contributed by atoms with E-state index in [1.807, 2.05) is 24.3 Å². The SMILES string of the molecule is CCNC1CCCCC1CCOc1cccc(Br)c1. The minimum Gasteiger partial charge on any atom is -0.494 e. The number of hydrogen-bond donors (Lipinski definition) is 1. The van der Waals surface area contributed by atoms with E-state index < -0.39 is 0 Å². The van der Waals surface area contributed by atoms with Crippen LogP contribution in [0.3, 0.4) is 0 Å². The van der Waals surface area contributed by atoms with Crippen LogP contribution in [0.15, 0.2) is 28.7 Å². The number of halogens is 1. The molecule has 2 rings (SSSR count). The van der Waals surface area contributed by atoms with E-state index >= 15 is 0 Å². The summed E-state index contributed by atoms with van der Waals surface area (Å²) in [6, 6.07) is 8.79. The van der Waals surface area contributed by atoms with Crippen molar-refractivity contribution in [1.29, 1.82) is 0 Å². The number of nitrogens with one attached hydrogen (secondary N) is 1. The zero-order chi connectivity index (χ0) is 13.5. The van der Waals surface area contributed by atoms with Crippen molar-refractivity contribution in [1.82, 2.24) is 5.32 Å². The summed E-state index contributed by atoms with van der Waals surface area (Å²) in [5.41, 5.74) is 0. The van der Waals surface area contributed by atoms with Crippen molar-refractivity contribution in [2.45, 2.75) is 45.1 Å². The third kappa shape index (κ3) is 4.81. The fourth-order valence-corrected chi connectivity index (χ4v) is 3.35. The first-order valence-corrected chi connectivity index (χ1v) is 8.20. The molecular weight excluding hydrogens is 302 g/mol. The molecule has 0 radical (unpaired) electrons. The lowest BCUT2D eigenvalue weighted by Crippen LogP contribution is -2.39. The predicted molar refractivity (Wildman–Crippen MR) is 83.7 cm³/mol. The van der Waals surface area contributed by atoms with Crippen LogP contribution in [0.2, 0.25) is 0 Å². The molecule has 106 valence electrons. The quantitative estimate of drug-likeness (QED) is 0.837. The molecule has 1 fully saturated rings. The molecule has 2 nitrogen and oxygen atoms in total. The minimum atomic E-state index is 0.699. The van der Waals surface area contributed by atoms with Crippen LogP contribution in [0.25, 0.3) is 0 Å². The molecule has 0 spiro atoms. The maximum Gasteiger partial charge on any atom is 0.120 e. The summed E-state index contributed by atoms with van der Waals surface area (Å²) >= 11 is 3.47. The molecule has 19 heavy (non-hydrogen) atoms. The van der Waals surface area contributed by atoms with Gasteiger partial charge < -0.3 is 10.1 Å². The van der Waals surface area contributed by atoms with Gasteiger partial charge in [-0.25, -0.2) is 0 Å². The van der Waals surface area contributed by atoms with Gasteiger partial charge in [0.05, 0.1) is 6.61 Å². The molecule has 1 aromatic carbocycles. The van der Waals surface area contributed by atoms with E-state index in [4.69, 9.17) is 4.74 Å². The zero-order valence-electron chi connectivity index (χ0n) is 11.7. The van der Waals surface area contributed by atoms with Gasteiger partial charge in [0.2, 0.25) is 0 Å². The predicted octanol–water partition coefficient (Wildman–Crippen LogP) is 4.39. The van der Waals surface area contributed by atoms with Gasteiger partial charge in [0, 0.05) is 10.5 Å². The van der Waals surface area contributed by atoms with E-state index in [2.05, 4.69) is 28.2 Å². The second-order valence-electron chi connectivity index (χ2n) is 5.30. The maximum absolute atomic E-state index is 5.86. The minimum absolute atomic E-state index is 0.699. The average Bonchev–Trinajstić information content (AvgIpc) is 2.41. The molecular formula is C16H24BrNO. The van der Waals surface area contributed by atoms with Gasteiger partial charge in [0.25, 0.3) is 0 Å². The molecule has 1 aliphatic rings. The van der Waals surface area contributed by atoms with Crippen LogP contribution in [-0.4, -0.2) is 19.2 Å². The van der Waals surface area contributed by atoms with Gasteiger partial charge in [-0.15, -0.1) is 0 Å². The lowest BCUT2D eigenvalue weighted by molar-refractivity contribution is 0.205. The summed E-state index contributed by atoms with van der Waals surface area (Å²) in [7, 11) is 0. The maximum atomic E-state index is 5.86. The zero-order valence-corrected chi connectivity index (χ0v) is 13.3. The number of hydrogen-bond acceptors (Lipinski definition) is 2. The van der Waals surface area contributed by atoms with E-state index in [0.717, 1.165) is 35.7 Å². The van der Waals surface area contributed by atoms with Gasteiger partial charge in [-0.3, -0.25) is 0 Å². The molecule has 1 saturated carbocycles. The first kappa shape index (κ1) is 14.9. The second kappa shape index (κ2) is 7.91. The van der Waals surface area contributed by atoms with Gasteiger partial charge in [0.1, 0.15) is 5.75 Å². The van der Waals surface area contributed by atoms with Crippen molar-refractivity contribution < 1.29 is 4.74 Å². The number of benzene rings is 1. The van der Waals surface area contributed by atoms with Gasteiger partial charge in [-0.2, -0.15) is 0 Å². The fraction of sp³-hybridized carbons (Fsp3) is 0.625. The highest BCUT2D eigenvalue weighted by Gasteiger charge is 2.23. The molecule has 1 aliphatic carbocycles. The van der Waals surface area contributed by atoms with Crippen LogP contribution in [0, 0.1) is 5.92 Å². The van der Waals surface area contributed by atoms with Crippen molar-refractivity contribution in [2.24, 2.45) is 5.92 Å². The van der Waals surface area contributed by atoms with E-state index in [1.54, 1.807) is 0 Å². The van der Waals surface area contributed by atoms with E-state index in [0.29, 0.717) is 6.04 Å². The fourth-order valence-electron chi connectivity index (χ4n) is 2.97. The van der Waals surface area contributed by atoms with Crippen molar-refractivity contribution in [3.8, 4) is 5.75 Å². The highest BCUT2D eigenvalue weighted by atomic mass is 79.9. The molecule has 0 bridgehead atoms. The van der Waals surface area contributed by atoms with E-state index in [9.17, 15) is 0 Å². The lowest BCUT2D eigenvalue weighted by atomic mass is 9.82. The summed E-state index contributed by atoms with van der Waals surface area (Å²) in [5, 5.41) is 3.63. The molecule has 0 aliphatic heterocycles. The third-order valence-corrected chi connectivity index (χ3v) is 4.42. The Bertz CT molecular complexity index is 381. The smallest absolute Gasteiger partial charge is 0.120 e. The summed E-state index contributed by atoms with van der Waals surface area (Å²) in [6.07, 6.45) is 6.59. The highest BCUT2D eigenvalue weighted by Crippen LogP contribution is 2.27. The van der Waals surface area contributed by atoms with Crippen LogP contribution in [-0.2, 0) is 0 Å². The van der Waals surface area contributed by atoms with Crippen LogP contribution in [0.4, 0.5) is 0 Å². The monoisotopic (exact) mass is 325 g/mol. The van der Waals surface area contributed by atoms with Crippen molar-refractivity contribution in [3.63, 3.8) is 0 Å². The largest absolute Gasteiger partial charge is 0.494 e. The van der Waals surface area contributed by atoms with Gasteiger partial charge >= 0.3 is 0 Å². The molecule has 2 atom stereocenters. The Morgan fingerprint density at radius 3 is 2.95 bits per heavy atom. The molecule has 0 aromatic heterocycles. The summed E-state index contributed by atoms with van der Waals surface area (Å²) in [4.78, 5) is 0. The van der Waals surface area contributed by atoms with Crippen LogP contribution < -0.4 is 10.1 Å². The van der Waals surface area contributed by atoms with Gasteiger partial charge in [-0.05, 0) is 49.9 Å². The number of ether oxygens (including phenoxy) is 1. The van der Waals surface area contributed by atoms with E-state index in [1.165, 1.54) is 25.7 Å². The molecule has 3 heteroatoms. The van der Waals surface area contributed by atoms with Crippen LogP contribution in [0.1, 0.15) is 39.0 Å². The van der Waals surface area contributed by atoms with Gasteiger partial charge in [-0.1, -0.05) is 41.8 Å². The second-order valence-corrected chi connectivity index (χ2v) is 6.22. The molecule has 1 aromatic rings. The summed E-state index contributed by atoms with van der Waals surface area (Å²) < 4.78 is 6.94. The third-order valence-electron chi connectivity index (χ3n) is 3.93. The lowest BCUT2D eigenvalue weighted by Gasteiger charge is -2.32. The Morgan fingerprint density at radius 1 is 1.32 bits per heavy atom. The average molecular weight is 326 g/mol. The first-order valence-electron chi connectivity index (χ1n) is 7.41. The highest BCUT2D eigenvalue weighted by molar-refractivity contribution is 9.10. The first-order chi connectivity index (χ1) is 9.29. The Hall–Kier alpha value is -0.540. The molecule has 0 amide bonds. The Balaban J connectivity index is 1.77. The van der Waals surface area contributed by atoms with Crippen molar-refractivity contribution in [3.05, 3.63) is 28.7 Å². The molecule has 0 heterocycles. The Kier molecular flexibility index (Phi) is 6.18. The Labute approximate surface area is 125 Å². The molecule has 2 unspecified atom stereocenters. The standard InChI is InChI=1S/C16H24BrNO/c1-2-18-16-9-4-3-6-13(16)10-11-19-15-8-5-7-14(17)12-15/h5,7-8,12-13,16,18H,2-4,6,9-11H2,1H3. The number of rotatable bonds is 6. The topological polar surface area (TPSA) is 21.3 Å². The summed E-state index contributed by atoms with van der Waals surface area (Å²) in [6.45, 7) is 4.10. The van der Waals surface area contributed by atoms with Crippen LogP contribution >= 0.6 is 15.9 Å². The Morgan fingerprint density at radius 2 is 2.16 bits per heavy atom. The van der Waals surface area contributed by atoms with Gasteiger partial charge in [0.15, 0.2) is 0 Å². The molecule has 1 N–H and O–H groups in total. The van der Waals surface area contributed by atoms with Crippen LogP contribution in [0.5, 0.6) is 5.75 Å².